The van der Waals surface area contributed by atoms with E-state index in [1.54, 1.807) is 30.3 Å². The molecule has 96 valence electrons. The highest BCUT2D eigenvalue weighted by molar-refractivity contribution is 6.00. The minimum Gasteiger partial charge on any atom is -0.0836 e. The fraction of sp³-hybridized carbons (Fsp3) is 0.100. The van der Waals surface area contributed by atoms with Crippen molar-refractivity contribution in [3.05, 3.63) is 77.7 Å². The first-order chi connectivity index (χ1) is 14.0. The molecule has 0 spiro atoms. The summed E-state index contributed by atoms with van der Waals surface area (Å²) in [4.78, 5) is 0. The number of rotatable bonds is 1. The molecule has 0 aromatic heterocycles. The molecule has 3 aromatic rings. The van der Waals surface area contributed by atoms with Crippen LogP contribution < -0.4 is 0 Å². The van der Waals surface area contributed by atoms with Gasteiger partial charge in [0.15, 0.2) is 0 Å². The molecule has 4 rings (SSSR count). The third-order valence-electron chi connectivity index (χ3n) is 3.24. The Morgan fingerprint density at radius 2 is 1.90 bits per heavy atom. The van der Waals surface area contributed by atoms with Crippen molar-refractivity contribution >= 4 is 16.8 Å². The van der Waals surface area contributed by atoms with Gasteiger partial charge in [0.25, 0.3) is 0 Å². The van der Waals surface area contributed by atoms with Crippen LogP contribution in [0.1, 0.15) is 31.2 Å². The van der Waals surface area contributed by atoms with Crippen LogP contribution in [0.3, 0.4) is 0 Å². The van der Waals surface area contributed by atoms with E-state index in [2.05, 4.69) is 0 Å². The van der Waals surface area contributed by atoms with E-state index >= 15 is 0 Å². The Morgan fingerprint density at radius 3 is 2.80 bits per heavy atom. The van der Waals surface area contributed by atoms with Crippen LogP contribution in [0, 0.1) is 0 Å². The molecule has 0 bridgehead atoms. The summed E-state index contributed by atoms with van der Waals surface area (Å²) in [7, 11) is 0. The highest BCUT2D eigenvalue weighted by atomic mass is 14.2. The minimum absolute atomic E-state index is 0.0201. The monoisotopic (exact) mass is 266 g/mol. The lowest BCUT2D eigenvalue weighted by Crippen LogP contribution is -1.98. The molecule has 0 radical (unpaired) electrons. The second-order valence-electron chi connectivity index (χ2n) is 4.42. The second-order valence-corrected chi connectivity index (χ2v) is 4.42. The quantitative estimate of drug-likeness (QED) is 0.548. The summed E-state index contributed by atoms with van der Waals surface area (Å²) in [6.45, 7) is 0. The first-order valence-electron chi connectivity index (χ1n) is 11.3. The second kappa shape index (κ2) is 4.64. The van der Waals surface area contributed by atoms with Gasteiger partial charge in [0, 0.05) is 4.11 Å². The molecule has 3 aromatic carbocycles. The first kappa shape index (κ1) is 5.21. The summed E-state index contributed by atoms with van der Waals surface area (Å²) >= 11 is 0. The molecule has 1 unspecified atom stereocenters. The maximum Gasteiger partial charge on any atom is 0.0636 e. The molecule has 0 amide bonds. The molecule has 0 aliphatic heterocycles. The Kier molecular flexibility index (Phi) is 1.21. The SMILES string of the molecule is [2H]C1=C([2H])C([2H])C([2H])([2H])c2c1c([2H])c1c([2H])c([2H])c([2H])c([2H])c1c2-c1ccccc1. The summed E-state index contributed by atoms with van der Waals surface area (Å²) < 4.78 is 83.3. The van der Waals surface area contributed by atoms with Gasteiger partial charge >= 0.3 is 0 Å². The van der Waals surface area contributed by atoms with Gasteiger partial charge in [0.1, 0.15) is 0 Å². The van der Waals surface area contributed by atoms with Crippen molar-refractivity contribution in [1.82, 2.24) is 0 Å². The first-order valence-corrected chi connectivity index (χ1v) is 6.24. The van der Waals surface area contributed by atoms with Crippen LogP contribution in [0.15, 0.2) is 66.6 Å². The Morgan fingerprint density at radius 1 is 1.05 bits per heavy atom. The van der Waals surface area contributed by atoms with E-state index in [9.17, 15) is 0 Å². The van der Waals surface area contributed by atoms with Crippen LogP contribution in [0.25, 0.3) is 28.0 Å². The topological polar surface area (TPSA) is 0 Å². The van der Waals surface area contributed by atoms with Gasteiger partial charge in [-0.05, 0) is 51.8 Å². The molecule has 1 aliphatic rings. The van der Waals surface area contributed by atoms with Crippen molar-refractivity contribution in [3.8, 4) is 11.1 Å². The lowest BCUT2D eigenvalue weighted by atomic mass is 9.85. The van der Waals surface area contributed by atoms with Gasteiger partial charge in [-0.15, -0.1) is 0 Å². The average Bonchev–Trinajstić information content (AvgIpc) is 2.73. The van der Waals surface area contributed by atoms with Gasteiger partial charge < -0.3 is 0 Å². The zero-order valence-electron chi connectivity index (χ0n) is 20.5. The van der Waals surface area contributed by atoms with E-state index in [4.69, 9.17) is 13.7 Å². The van der Waals surface area contributed by atoms with E-state index < -0.39 is 55.1 Å². The fourth-order valence-electron chi connectivity index (χ4n) is 2.38. The average molecular weight is 266 g/mol. The molecule has 0 heterocycles. The Labute approximate surface area is 133 Å². The summed E-state index contributed by atoms with van der Waals surface area (Å²) in [5.41, 5.74) is 0.214. The molecule has 20 heavy (non-hydrogen) atoms. The van der Waals surface area contributed by atoms with Crippen molar-refractivity contribution in [2.24, 2.45) is 0 Å². The Hall–Kier alpha value is -2.34. The summed E-state index contributed by atoms with van der Waals surface area (Å²) in [6, 6.07) is 5.05. The maximum absolute atomic E-state index is 8.63. The van der Waals surface area contributed by atoms with Crippen LogP contribution in [0.5, 0.6) is 0 Å². The third kappa shape index (κ3) is 1.77. The maximum atomic E-state index is 8.63. The predicted octanol–water partition coefficient (Wildman–Crippen LogP) is 5.47. The van der Waals surface area contributed by atoms with Crippen molar-refractivity contribution in [1.29, 1.82) is 0 Å². The number of allylic oxidation sites excluding steroid dienone is 1. The Balaban J connectivity index is 2.41. The largest absolute Gasteiger partial charge is 0.0836 e. The highest BCUT2D eigenvalue weighted by Crippen LogP contribution is 2.37. The van der Waals surface area contributed by atoms with Gasteiger partial charge in [0.2, 0.25) is 0 Å². The lowest BCUT2D eigenvalue weighted by Gasteiger charge is -2.19. The van der Waals surface area contributed by atoms with Crippen LogP contribution >= 0.6 is 0 Å². The molecule has 0 heteroatoms. The fourth-order valence-corrected chi connectivity index (χ4v) is 2.38. The van der Waals surface area contributed by atoms with E-state index in [1.807, 2.05) is 0 Å². The van der Waals surface area contributed by atoms with Crippen LogP contribution in [-0.4, -0.2) is 0 Å². The molecule has 0 saturated heterocycles. The molecule has 1 aliphatic carbocycles. The summed E-state index contributed by atoms with van der Waals surface area (Å²) in [5.74, 6) is 0. The highest BCUT2D eigenvalue weighted by Gasteiger charge is 2.14. The van der Waals surface area contributed by atoms with Gasteiger partial charge in [-0.3, -0.25) is 0 Å². The van der Waals surface area contributed by atoms with Crippen molar-refractivity contribution in [2.45, 2.75) is 12.8 Å². The molecular formula is C20H16. The van der Waals surface area contributed by atoms with E-state index in [0.717, 1.165) is 0 Å². The van der Waals surface area contributed by atoms with Gasteiger partial charge in [-0.2, -0.15) is 0 Å². The van der Waals surface area contributed by atoms with Crippen LogP contribution in [0.2, 0.25) is 0 Å². The van der Waals surface area contributed by atoms with Crippen molar-refractivity contribution in [3.63, 3.8) is 0 Å². The lowest BCUT2D eigenvalue weighted by molar-refractivity contribution is 0.991. The predicted molar refractivity (Wildman–Crippen MR) is 86.7 cm³/mol. The van der Waals surface area contributed by atoms with E-state index in [1.165, 1.54) is 0 Å². The van der Waals surface area contributed by atoms with E-state index in [0.29, 0.717) is 5.56 Å². The zero-order chi connectivity index (χ0) is 22.1. The van der Waals surface area contributed by atoms with Gasteiger partial charge in [-0.25, -0.2) is 0 Å². The summed E-state index contributed by atoms with van der Waals surface area (Å²) in [5, 5.41) is -0.149. The zero-order valence-corrected chi connectivity index (χ0v) is 10.5. The van der Waals surface area contributed by atoms with Crippen molar-refractivity contribution < 1.29 is 13.7 Å². The normalized spacial score (nSPS) is 27.7. The molecule has 0 saturated carbocycles. The number of hydrogen-bond donors (Lipinski definition) is 0. The van der Waals surface area contributed by atoms with Gasteiger partial charge in [-0.1, -0.05) is 66.6 Å². The summed E-state index contributed by atoms with van der Waals surface area (Å²) in [6.07, 6.45) is -4.14. The van der Waals surface area contributed by atoms with Gasteiger partial charge in [0.05, 0.1) is 9.60 Å². The smallest absolute Gasteiger partial charge is 0.0636 e. The number of benzene rings is 3. The number of hydrogen-bond acceptors (Lipinski definition) is 0. The van der Waals surface area contributed by atoms with E-state index in [-0.39, 0.29) is 27.5 Å². The Bertz CT molecular complexity index is 1240. The van der Waals surface area contributed by atoms with Crippen molar-refractivity contribution in [2.75, 3.05) is 0 Å². The molecule has 0 nitrogen and oxygen atoms in total. The molecule has 0 N–H and O–H groups in total. The van der Waals surface area contributed by atoms with Crippen LogP contribution in [-0.2, 0) is 6.37 Å². The number of fused-ring (bicyclic) bond motifs is 2. The minimum atomic E-state index is -2.44. The van der Waals surface area contributed by atoms with Crippen LogP contribution in [0.4, 0.5) is 0 Å². The third-order valence-corrected chi connectivity index (χ3v) is 3.24. The molecule has 0 fully saturated rings. The standard InChI is InChI=1S/C20H16/c1-2-8-15(9-3-1)20-18-12-6-4-10-16(18)14-17-11-5-7-13-19(17)20/h1-6,8-12,14H,7,13H2/i4D,5D,6D,7D,10D,11D,12D,13D2,14D. The molecular weight excluding hydrogens is 240 g/mol. The molecule has 1 atom stereocenters.